The Balaban J connectivity index is 3.28. The monoisotopic (exact) mass is 218 g/mol. The number of hydrogen-bond donors (Lipinski definition) is 2. The van der Waals surface area contributed by atoms with E-state index in [2.05, 4.69) is 0 Å². The number of nitrogens with two attached hydrogens (primary N) is 1. The highest BCUT2D eigenvalue weighted by Crippen LogP contribution is 2.35. The van der Waals surface area contributed by atoms with Crippen molar-refractivity contribution in [1.29, 1.82) is 0 Å². The summed E-state index contributed by atoms with van der Waals surface area (Å²) in [6.07, 6.45) is 0. The highest BCUT2D eigenvalue weighted by Gasteiger charge is 2.34. The van der Waals surface area contributed by atoms with E-state index < -0.39 is 34.4 Å². The van der Waals surface area contributed by atoms with Crippen molar-refractivity contribution in [2.75, 3.05) is 6.54 Å². The molecular formula is C8H8F2N2O3. The SMILES string of the molecule is NCC(F)(F)c1cc([N+](=O)[O-])ccc1O. The van der Waals surface area contributed by atoms with Crippen molar-refractivity contribution < 1.29 is 18.8 Å². The number of nitro benzene ring substituents is 1. The molecule has 0 radical (unpaired) electrons. The lowest BCUT2D eigenvalue weighted by Crippen LogP contribution is -2.25. The van der Waals surface area contributed by atoms with Gasteiger partial charge in [-0.05, 0) is 6.07 Å². The molecule has 15 heavy (non-hydrogen) atoms. The van der Waals surface area contributed by atoms with Gasteiger partial charge < -0.3 is 10.8 Å². The highest BCUT2D eigenvalue weighted by molar-refractivity contribution is 5.45. The van der Waals surface area contributed by atoms with E-state index >= 15 is 0 Å². The third-order valence-electron chi connectivity index (χ3n) is 1.84. The van der Waals surface area contributed by atoms with Crippen molar-refractivity contribution in [3.63, 3.8) is 0 Å². The van der Waals surface area contributed by atoms with Crippen molar-refractivity contribution in [2.24, 2.45) is 5.73 Å². The second-order valence-corrected chi connectivity index (χ2v) is 2.87. The summed E-state index contributed by atoms with van der Waals surface area (Å²) in [7, 11) is 0. The maximum Gasteiger partial charge on any atom is 0.288 e. The van der Waals surface area contributed by atoms with Gasteiger partial charge in [0, 0.05) is 12.1 Å². The number of non-ortho nitro benzene ring substituents is 1. The van der Waals surface area contributed by atoms with Crippen molar-refractivity contribution >= 4 is 5.69 Å². The van der Waals surface area contributed by atoms with Crippen LogP contribution in [0.3, 0.4) is 0 Å². The maximum atomic E-state index is 13.1. The summed E-state index contributed by atoms with van der Waals surface area (Å²) in [5.41, 5.74) is 3.45. The number of phenolic OH excluding ortho intramolecular Hbond substituents is 1. The molecule has 3 N–H and O–H groups in total. The minimum atomic E-state index is -3.48. The Bertz CT molecular complexity index is 395. The molecule has 0 bridgehead atoms. The lowest BCUT2D eigenvalue weighted by molar-refractivity contribution is -0.385. The van der Waals surface area contributed by atoms with Gasteiger partial charge in [-0.15, -0.1) is 0 Å². The van der Waals surface area contributed by atoms with Gasteiger partial charge in [-0.2, -0.15) is 8.78 Å². The van der Waals surface area contributed by atoms with Gasteiger partial charge in [-0.1, -0.05) is 0 Å². The van der Waals surface area contributed by atoms with Gasteiger partial charge in [-0.25, -0.2) is 0 Å². The number of halogens is 2. The molecular weight excluding hydrogens is 210 g/mol. The van der Waals surface area contributed by atoms with Gasteiger partial charge >= 0.3 is 0 Å². The van der Waals surface area contributed by atoms with Gasteiger partial charge in [0.15, 0.2) is 0 Å². The van der Waals surface area contributed by atoms with E-state index in [1.807, 2.05) is 0 Å². The molecule has 0 atom stereocenters. The Morgan fingerprint density at radius 1 is 1.53 bits per heavy atom. The zero-order chi connectivity index (χ0) is 11.6. The summed E-state index contributed by atoms with van der Waals surface area (Å²) >= 11 is 0. The van der Waals surface area contributed by atoms with E-state index in [-0.39, 0.29) is 0 Å². The Morgan fingerprint density at radius 3 is 2.60 bits per heavy atom. The van der Waals surface area contributed by atoms with Gasteiger partial charge in [0.2, 0.25) is 0 Å². The molecule has 0 aliphatic rings. The molecule has 0 aliphatic carbocycles. The number of benzene rings is 1. The van der Waals surface area contributed by atoms with Crippen LogP contribution in [0.15, 0.2) is 18.2 Å². The van der Waals surface area contributed by atoms with E-state index in [1.165, 1.54) is 0 Å². The molecule has 0 amide bonds. The minimum absolute atomic E-state index is 0.518. The Morgan fingerprint density at radius 2 is 2.13 bits per heavy atom. The normalized spacial score (nSPS) is 11.4. The lowest BCUT2D eigenvalue weighted by atomic mass is 10.1. The average molecular weight is 218 g/mol. The first-order valence-corrected chi connectivity index (χ1v) is 3.94. The zero-order valence-corrected chi connectivity index (χ0v) is 7.48. The number of nitrogens with zero attached hydrogens (tertiary/aromatic N) is 1. The van der Waals surface area contributed by atoms with Crippen LogP contribution >= 0.6 is 0 Å². The molecule has 0 spiro atoms. The van der Waals surface area contributed by atoms with E-state index in [1.54, 1.807) is 0 Å². The molecule has 1 aromatic rings. The molecule has 1 rings (SSSR count). The van der Waals surface area contributed by atoms with Gasteiger partial charge in [0.1, 0.15) is 5.75 Å². The van der Waals surface area contributed by atoms with Crippen LogP contribution in [0, 0.1) is 10.1 Å². The molecule has 0 aromatic heterocycles. The fraction of sp³-hybridized carbons (Fsp3) is 0.250. The predicted octanol–water partition coefficient (Wildman–Crippen LogP) is 1.35. The number of aromatic hydroxyl groups is 1. The number of nitro groups is 1. The molecule has 0 unspecified atom stereocenters. The lowest BCUT2D eigenvalue weighted by Gasteiger charge is -2.14. The quantitative estimate of drug-likeness (QED) is 0.591. The van der Waals surface area contributed by atoms with Crippen LogP contribution in [0.5, 0.6) is 5.75 Å². The topological polar surface area (TPSA) is 89.4 Å². The first kappa shape index (κ1) is 11.3. The van der Waals surface area contributed by atoms with Crippen molar-refractivity contribution in [1.82, 2.24) is 0 Å². The van der Waals surface area contributed by atoms with Gasteiger partial charge in [-0.3, -0.25) is 10.1 Å². The smallest absolute Gasteiger partial charge is 0.288 e. The molecule has 0 aliphatic heterocycles. The van der Waals surface area contributed by atoms with Crippen LogP contribution in [0.2, 0.25) is 0 Å². The van der Waals surface area contributed by atoms with Gasteiger partial charge in [0.05, 0.1) is 17.0 Å². The molecule has 82 valence electrons. The number of rotatable bonds is 3. The average Bonchev–Trinajstić information content (AvgIpc) is 2.17. The van der Waals surface area contributed by atoms with Crippen LogP contribution in [-0.2, 0) is 5.92 Å². The second-order valence-electron chi connectivity index (χ2n) is 2.87. The summed E-state index contributed by atoms with van der Waals surface area (Å²) in [6.45, 7) is -1.03. The second kappa shape index (κ2) is 3.77. The third kappa shape index (κ3) is 2.18. The van der Waals surface area contributed by atoms with Crippen LogP contribution in [-0.4, -0.2) is 16.6 Å². The van der Waals surface area contributed by atoms with Crippen LogP contribution in [0.4, 0.5) is 14.5 Å². The minimum Gasteiger partial charge on any atom is -0.507 e. The van der Waals surface area contributed by atoms with E-state index in [0.29, 0.717) is 6.07 Å². The molecule has 0 heterocycles. The van der Waals surface area contributed by atoms with E-state index in [0.717, 1.165) is 12.1 Å². The van der Waals surface area contributed by atoms with Crippen molar-refractivity contribution in [3.05, 3.63) is 33.9 Å². The zero-order valence-electron chi connectivity index (χ0n) is 7.48. The van der Waals surface area contributed by atoms with Crippen LogP contribution in [0.1, 0.15) is 5.56 Å². The molecule has 0 fully saturated rings. The number of hydrogen-bond acceptors (Lipinski definition) is 4. The highest BCUT2D eigenvalue weighted by atomic mass is 19.3. The number of phenols is 1. The summed E-state index contributed by atoms with van der Waals surface area (Å²) in [5, 5.41) is 19.5. The van der Waals surface area contributed by atoms with Crippen LogP contribution < -0.4 is 5.73 Å². The fourth-order valence-corrected chi connectivity index (χ4v) is 1.04. The molecule has 0 saturated heterocycles. The summed E-state index contributed by atoms with van der Waals surface area (Å²) in [5.74, 6) is -4.19. The summed E-state index contributed by atoms with van der Waals surface area (Å²) in [4.78, 5) is 9.50. The van der Waals surface area contributed by atoms with Crippen molar-refractivity contribution in [3.8, 4) is 5.75 Å². The summed E-state index contributed by atoms with van der Waals surface area (Å²) in [6, 6.07) is 2.39. The Labute approximate surface area is 83.3 Å². The first-order chi connectivity index (χ1) is 6.88. The first-order valence-electron chi connectivity index (χ1n) is 3.94. The summed E-state index contributed by atoms with van der Waals surface area (Å²) < 4.78 is 26.2. The van der Waals surface area contributed by atoms with Crippen LogP contribution in [0.25, 0.3) is 0 Å². The molecule has 1 aromatic carbocycles. The standard InChI is InChI=1S/C8H8F2N2O3/c9-8(10,4-11)6-3-5(12(14)15)1-2-7(6)13/h1-3,13H,4,11H2. The molecule has 5 nitrogen and oxygen atoms in total. The van der Waals surface area contributed by atoms with E-state index in [4.69, 9.17) is 10.8 Å². The maximum absolute atomic E-state index is 13.1. The Hall–Kier alpha value is -1.76. The molecule has 0 saturated carbocycles. The van der Waals surface area contributed by atoms with Crippen molar-refractivity contribution in [2.45, 2.75) is 5.92 Å². The van der Waals surface area contributed by atoms with Gasteiger partial charge in [0.25, 0.3) is 11.6 Å². The Kier molecular flexibility index (Phi) is 2.85. The largest absolute Gasteiger partial charge is 0.507 e. The third-order valence-corrected chi connectivity index (χ3v) is 1.84. The number of alkyl halides is 2. The molecule has 7 heteroatoms. The fourth-order valence-electron chi connectivity index (χ4n) is 1.04. The predicted molar refractivity (Wildman–Crippen MR) is 47.7 cm³/mol. The van der Waals surface area contributed by atoms with E-state index in [9.17, 15) is 18.9 Å².